The number of nitro benzene ring substituents is 1. The quantitative estimate of drug-likeness (QED) is 0.300. The van der Waals surface area contributed by atoms with Crippen molar-refractivity contribution < 1.29 is 9.55 Å². The van der Waals surface area contributed by atoms with Crippen LogP contribution in [0.3, 0.4) is 0 Å². The summed E-state index contributed by atoms with van der Waals surface area (Å²) in [6.45, 7) is 0.899. The van der Waals surface area contributed by atoms with E-state index in [1.807, 2.05) is 59.5 Å². The number of benzene rings is 2. The third-order valence-electron chi connectivity index (χ3n) is 5.00. The van der Waals surface area contributed by atoms with Gasteiger partial charge < -0.3 is 4.90 Å². The first-order valence-electron chi connectivity index (χ1n) is 9.58. The molecule has 0 spiro atoms. The molecule has 0 aliphatic carbocycles. The van der Waals surface area contributed by atoms with E-state index in [9.17, 15) is 10.1 Å². The van der Waals surface area contributed by atoms with Gasteiger partial charge in [0, 0.05) is 17.6 Å². The normalized spacial score (nSPS) is 11.1. The van der Waals surface area contributed by atoms with Gasteiger partial charge in [0.1, 0.15) is 0 Å². The van der Waals surface area contributed by atoms with Gasteiger partial charge in [0.05, 0.1) is 40.6 Å². The number of nitro groups is 1. The van der Waals surface area contributed by atoms with E-state index in [4.69, 9.17) is 9.61 Å². The van der Waals surface area contributed by atoms with Crippen LogP contribution in [0.1, 0.15) is 11.4 Å². The number of rotatable bonds is 6. The molecule has 0 aliphatic rings. The van der Waals surface area contributed by atoms with Gasteiger partial charge in [-0.05, 0) is 40.6 Å². The Bertz CT molecular complexity index is 1390. The summed E-state index contributed by atoms with van der Waals surface area (Å²) in [6, 6.07) is 20.7. The Morgan fingerprint density at radius 2 is 1.68 bits per heavy atom. The summed E-state index contributed by atoms with van der Waals surface area (Å²) >= 11 is 0. The standard InChI is InChI=1S/C22H16N6O3/c29-28(30)20-11-10-19(21-22(20)26-31-25-21)27(13-16-6-3-4-12-23-16)14-17-9-8-15-5-1-2-7-18(15)24-17/h1-12H,13-14H2. The third-order valence-corrected chi connectivity index (χ3v) is 5.00. The lowest BCUT2D eigenvalue weighted by Gasteiger charge is -2.24. The number of pyridine rings is 2. The minimum atomic E-state index is -0.496. The molecule has 0 atom stereocenters. The van der Waals surface area contributed by atoms with Crippen molar-refractivity contribution in [3.63, 3.8) is 0 Å². The van der Waals surface area contributed by atoms with Gasteiger partial charge in [0.15, 0.2) is 5.52 Å². The molecule has 2 aromatic carbocycles. The summed E-state index contributed by atoms with van der Waals surface area (Å²) in [5.41, 5.74) is 3.52. The highest BCUT2D eigenvalue weighted by Crippen LogP contribution is 2.32. The molecule has 9 nitrogen and oxygen atoms in total. The average molecular weight is 412 g/mol. The first kappa shape index (κ1) is 18.6. The second-order valence-electron chi connectivity index (χ2n) is 6.99. The second kappa shape index (κ2) is 7.79. The van der Waals surface area contributed by atoms with Gasteiger partial charge in [-0.2, -0.15) is 0 Å². The molecular formula is C22H16N6O3. The fourth-order valence-electron chi connectivity index (χ4n) is 3.55. The van der Waals surface area contributed by atoms with Gasteiger partial charge in [-0.15, -0.1) is 0 Å². The number of non-ortho nitro benzene ring substituents is 1. The van der Waals surface area contributed by atoms with Crippen molar-refractivity contribution >= 4 is 33.3 Å². The Morgan fingerprint density at radius 3 is 2.52 bits per heavy atom. The summed E-state index contributed by atoms with van der Waals surface area (Å²) < 4.78 is 4.84. The lowest BCUT2D eigenvalue weighted by atomic mass is 10.1. The number of anilines is 1. The molecule has 3 heterocycles. The van der Waals surface area contributed by atoms with Crippen LogP contribution >= 0.6 is 0 Å². The molecular weight excluding hydrogens is 396 g/mol. The SMILES string of the molecule is O=[N+]([O-])c1ccc(N(Cc2ccccn2)Cc2ccc3ccccc3n2)c2nonc12. The van der Waals surface area contributed by atoms with E-state index in [0.29, 0.717) is 24.3 Å². The van der Waals surface area contributed by atoms with Crippen LogP contribution in [0.25, 0.3) is 21.9 Å². The zero-order chi connectivity index (χ0) is 21.2. The third kappa shape index (κ3) is 3.64. The van der Waals surface area contributed by atoms with E-state index in [1.54, 1.807) is 12.3 Å². The van der Waals surface area contributed by atoms with Gasteiger partial charge in [0.25, 0.3) is 0 Å². The smallest absolute Gasteiger partial charge is 0.300 e. The number of para-hydroxylation sites is 1. The molecule has 0 N–H and O–H groups in total. The highest BCUT2D eigenvalue weighted by Gasteiger charge is 2.23. The minimum Gasteiger partial charge on any atom is -0.358 e. The zero-order valence-corrected chi connectivity index (χ0v) is 16.3. The molecule has 0 saturated carbocycles. The van der Waals surface area contributed by atoms with Crippen LogP contribution in [-0.2, 0) is 13.1 Å². The summed E-state index contributed by atoms with van der Waals surface area (Å²) in [5.74, 6) is 0. The lowest BCUT2D eigenvalue weighted by molar-refractivity contribution is -0.383. The average Bonchev–Trinajstić information content (AvgIpc) is 3.28. The molecule has 0 aliphatic heterocycles. The molecule has 0 radical (unpaired) electrons. The van der Waals surface area contributed by atoms with Crippen LogP contribution in [0.15, 0.2) is 77.6 Å². The Balaban J connectivity index is 1.59. The predicted molar refractivity (Wildman–Crippen MR) is 114 cm³/mol. The van der Waals surface area contributed by atoms with E-state index in [2.05, 4.69) is 15.3 Å². The van der Waals surface area contributed by atoms with Crippen molar-refractivity contribution in [1.82, 2.24) is 20.3 Å². The Kier molecular flexibility index (Phi) is 4.68. The van der Waals surface area contributed by atoms with Crippen LogP contribution < -0.4 is 4.90 Å². The maximum atomic E-state index is 11.4. The highest BCUT2D eigenvalue weighted by molar-refractivity contribution is 5.93. The number of hydrogen-bond acceptors (Lipinski definition) is 8. The minimum absolute atomic E-state index is 0.111. The Morgan fingerprint density at radius 1 is 0.871 bits per heavy atom. The molecule has 0 fully saturated rings. The maximum Gasteiger partial charge on any atom is 0.300 e. The molecule has 3 aromatic heterocycles. The van der Waals surface area contributed by atoms with Crippen molar-refractivity contribution in [2.24, 2.45) is 0 Å². The van der Waals surface area contributed by atoms with Crippen LogP contribution in [-0.4, -0.2) is 25.2 Å². The highest BCUT2D eigenvalue weighted by atomic mass is 16.6. The Hall–Kier alpha value is -4.40. The van der Waals surface area contributed by atoms with E-state index in [-0.39, 0.29) is 11.2 Å². The molecule has 9 heteroatoms. The molecule has 5 rings (SSSR count). The fourth-order valence-corrected chi connectivity index (χ4v) is 3.55. The van der Waals surface area contributed by atoms with E-state index in [1.165, 1.54) is 6.07 Å². The van der Waals surface area contributed by atoms with Gasteiger partial charge >= 0.3 is 5.69 Å². The number of nitrogens with zero attached hydrogens (tertiary/aromatic N) is 6. The number of aromatic nitrogens is 4. The number of hydrogen-bond donors (Lipinski definition) is 0. The summed E-state index contributed by atoms with van der Waals surface area (Å²) in [7, 11) is 0. The molecule has 5 aromatic rings. The molecule has 31 heavy (non-hydrogen) atoms. The van der Waals surface area contributed by atoms with E-state index >= 15 is 0 Å². The van der Waals surface area contributed by atoms with Gasteiger partial charge in [-0.3, -0.25) is 20.1 Å². The van der Waals surface area contributed by atoms with Crippen LogP contribution in [0.4, 0.5) is 11.4 Å². The van der Waals surface area contributed by atoms with Crippen LogP contribution in [0, 0.1) is 10.1 Å². The first-order chi connectivity index (χ1) is 15.2. The monoisotopic (exact) mass is 412 g/mol. The van der Waals surface area contributed by atoms with Crippen molar-refractivity contribution in [2.45, 2.75) is 13.1 Å². The largest absolute Gasteiger partial charge is 0.358 e. The van der Waals surface area contributed by atoms with Gasteiger partial charge in [-0.1, -0.05) is 30.3 Å². The molecule has 0 unspecified atom stereocenters. The molecule has 152 valence electrons. The second-order valence-corrected chi connectivity index (χ2v) is 6.99. The van der Waals surface area contributed by atoms with Crippen LogP contribution in [0.2, 0.25) is 0 Å². The molecule has 0 saturated heterocycles. The lowest BCUT2D eigenvalue weighted by Crippen LogP contribution is -2.23. The summed E-state index contributed by atoms with van der Waals surface area (Å²) in [6.07, 6.45) is 1.73. The predicted octanol–water partition coefficient (Wildman–Crippen LogP) is 4.28. The van der Waals surface area contributed by atoms with Crippen molar-refractivity contribution in [1.29, 1.82) is 0 Å². The van der Waals surface area contributed by atoms with Crippen LogP contribution in [0.5, 0.6) is 0 Å². The van der Waals surface area contributed by atoms with E-state index < -0.39 is 4.92 Å². The van der Waals surface area contributed by atoms with Crippen molar-refractivity contribution in [2.75, 3.05) is 4.90 Å². The zero-order valence-electron chi connectivity index (χ0n) is 16.3. The topological polar surface area (TPSA) is 111 Å². The summed E-state index contributed by atoms with van der Waals surface area (Å²) in [4.78, 5) is 22.1. The fraction of sp³-hybridized carbons (Fsp3) is 0.0909. The molecule has 0 amide bonds. The molecule has 0 bridgehead atoms. The van der Waals surface area contributed by atoms with Crippen molar-refractivity contribution in [3.8, 4) is 0 Å². The number of fused-ring (bicyclic) bond motifs is 2. The van der Waals surface area contributed by atoms with Gasteiger partial charge in [-0.25, -0.2) is 4.63 Å². The maximum absolute atomic E-state index is 11.4. The van der Waals surface area contributed by atoms with Crippen molar-refractivity contribution in [3.05, 3.63) is 94.4 Å². The van der Waals surface area contributed by atoms with Gasteiger partial charge in [0.2, 0.25) is 5.52 Å². The Labute approximate surface area is 176 Å². The first-order valence-corrected chi connectivity index (χ1v) is 9.58. The van der Waals surface area contributed by atoms with E-state index in [0.717, 1.165) is 22.3 Å². The summed E-state index contributed by atoms with van der Waals surface area (Å²) in [5, 5.41) is 20.1.